The van der Waals surface area contributed by atoms with E-state index in [2.05, 4.69) is 46.7 Å². The van der Waals surface area contributed by atoms with Gasteiger partial charge in [0.1, 0.15) is 11.6 Å². The summed E-state index contributed by atoms with van der Waals surface area (Å²) in [6.45, 7) is 6.50. The van der Waals surface area contributed by atoms with Gasteiger partial charge in [0.25, 0.3) is 0 Å². The third-order valence-electron chi connectivity index (χ3n) is 6.97. The Bertz CT molecular complexity index is 928. The molecule has 1 fully saturated rings. The number of benzene rings is 2. The van der Waals surface area contributed by atoms with E-state index in [1.807, 2.05) is 0 Å². The zero-order chi connectivity index (χ0) is 25.8. The first kappa shape index (κ1) is 28.2. The molecule has 198 valence electrons. The van der Waals surface area contributed by atoms with Crippen molar-refractivity contribution in [1.29, 1.82) is 0 Å². The number of ether oxygens (including phenoxy) is 1. The highest BCUT2D eigenvalue weighted by molar-refractivity contribution is 5.78. The summed E-state index contributed by atoms with van der Waals surface area (Å²) in [7, 11) is 1.73. The molecule has 36 heavy (non-hydrogen) atoms. The number of carbonyl (C=O) groups excluding carboxylic acids is 1. The van der Waals surface area contributed by atoms with Gasteiger partial charge in [-0.2, -0.15) is 0 Å². The molecule has 1 aliphatic rings. The van der Waals surface area contributed by atoms with Crippen LogP contribution in [0.1, 0.15) is 49.3 Å². The van der Waals surface area contributed by atoms with Crippen molar-refractivity contribution in [1.82, 2.24) is 15.5 Å². The van der Waals surface area contributed by atoms with Gasteiger partial charge in [-0.3, -0.25) is 9.69 Å². The SMILES string of the molecule is CCc1cccc(CNCC[C@H](Cc2cc(F)cc(F)c2)NC(=O)CN2CCC(CCOC)CC2)c1. The number of methoxy groups -OCH3 is 1. The molecule has 0 aliphatic carbocycles. The first-order valence-corrected chi connectivity index (χ1v) is 13.2. The Morgan fingerprint density at radius 3 is 2.50 bits per heavy atom. The van der Waals surface area contributed by atoms with Gasteiger partial charge in [0.15, 0.2) is 0 Å². The molecule has 1 atom stereocenters. The zero-order valence-corrected chi connectivity index (χ0v) is 21.7. The summed E-state index contributed by atoms with van der Waals surface area (Å²) in [5.74, 6) is -0.576. The second-order valence-electron chi connectivity index (χ2n) is 9.89. The minimum Gasteiger partial charge on any atom is -0.385 e. The number of carbonyl (C=O) groups is 1. The number of aryl methyl sites for hydroxylation is 1. The maximum Gasteiger partial charge on any atom is 0.234 e. The van der Waals surface area contributed by atoms with Crippen molar-refractivity contribution in [3.05, 3.63) is 70.8 Å². The van der Waals surface area contributed by atoms with Crippen LogP contribution < -0.4 is 10.6 Å². The number of nitrogens with zero attached hydrogens (tertiary/aromatic N) is 1. The molecule has 5 nitrogen and oxygen atoms in total. The Hall–Kier alpha value is -2.35. The van der Waals surface area contributed by atoms with Gasteiger partial charge >= 0.3 is 0 Å². The molecular formula is C29H41F2N3O2. The molecule has 1 aliphatic heterocycles. The van der Waals surface area contributed by atoms with Crippen LogP contribution in [0.4, 0.5) is 8.78 Å². The van der Waals surface area contributed by atoms with Crippen LogP contribution in [0.15, 0.2) is 42.5 Å². The minimum absolute atomic E-state index is 0.0390. The molecule has 0 spiro atoms. The number of hydrogen-bond donors (Lipinski definition) is 2. The van der Waals surface area contributed by atoms with Crippen LogP contribution in [0, 0.1) is 17.6 Å². The number of rotatable bonds is 14. The predicted molar refractivity (Wildman–Crippen MR) is 140 cm³/mol. The standard InChI is InChI=1S/C29H41F2N3O2/c1-3-22-5-4-6-24(15-22)20-32-11-7-28(18-25-16-26(30)19-27(31)17-25)33-29(35)21-34-12-8-23(9-13-34)10-14-36-2/h4-6,15-17,19,23,28,32H,3,7-14,18,20-21H2,1-2H3,(H,33,35)/t28-/m1/s1. The molecule has 1 saturated heterocycles. The molecule has 0 saturated carbocycles. The maximum atomic E-state index is 13.8. The topological polar surface area (TPSA) is 53.6 Å². The Morgan fingerprint density at radius 1 is 1.08 bits per heavy atom. The lowest BCUT2D eigenvalue weighted by Gasteiger charge is -2.32. The third kappa shape index (κ3) is 9.96. The summed E-state index contributed by atoms with van der Waals surface area (Å²) < 4.78 is 32.7. The van der Waals surface area contributed by atoms with E-state index in [0.717, 1.165) is 58.0 Å². The average molecular weight is 502 g/mol. The lowest BCUT2D eigenvalue weighted by Crippen LogP contribution is -2.46. The number of piperidine rings is 1. The van der Waals surface area contributed by atoms with Gasteiger partial charge in [0.2, 0.25) is 5.91 Å². The van der Waals surface area contributed by atoms with Gasteiger partial charge in [0.05, 0.1) is 6.54 Å². The molecular weight excluding hydrogens is 460 g/mol. The predicted octanol–water partition coefficient (Wildman–Crippen LogP) is 4.48. The Morgan fingerprint density at radius 2 is 1.81 bits per heavy atom. The summed E-state index contributed by atoms with van der Waals surface area (Å²) in [6.07, 6.45) is 5.26. The molecule has 0 unspecified atom stereocenters. The minimum atomic E-state index is -0.597. The summed E-state index contributed by atoms with van der Waals surface area (Å²) >= 11 is 0. The van der Waals surface area contributed by atoms with Crippen LogP contribution in [-0.2, 0) is 28.9 Å². The van der Waals surface area contributed by atoms with E-state index >= 15 is 0 Å². The molecule has 2 aromatic rings. The van der Waals surface area contributed by atoms with Crippen molar-refractivity contribution in [3.8, 4) is 0 Å². The molecule has 0 aromatic heterocycles. The van der Waals surface area contributed by atoms with E-state index in [1.165, 1.54) is 23.3 Å². The van der Waals surface area contributed by atoms with E-state index in [0.29, 0.717) is 37.4 Å². The van der Waals surface area contributed by atoms with Crippen LogP contribution in [-0.4, -0.2) is 56.7 Å². The van der Waals surface area contributed by atoms with Gasteiger partial charge < -0.3 is 15.4 Å². The zero-order valence-electron chi connectivity index (χ0n) is 21.7. The van der Waals surface area contributed by atoms with E-state index in [1.54, 1.807) is 7.11 Å². The molecule has 1 amide bonds. The van der Waals surface area contributed by atoms with Crippen molar-refractivity contribution in [2.45, 2.75) is 58.0 Å². The second kappa shape index (κ2) is 15.0. The van der Waals surface area contributed by atoms with E-state index in [9.17, 15) is 13.6 Å². The number of halogens is 2. The van der Waals surface area contributed by atoms with Crippen LogP contribution in [0.2, 0.25) is 0 Å². The number of nitrogens with one attached hydrogen (secondary N) is 2. The fourth-order valence-electron chi connectivity index (χ4n) is 4.90. The quantitative estimate of drug-likeness (QED) is 0.375. The van der Waals surface area contributed by atoms with Crippen LogP contribution in [0.5, 0.6) is 0 Å². The van der Waals surface area contributed by atoms with E-state index in [-0.39, 0.29) is 11.9 Å². The van der Waals surface area contributed by atoms with Crippen LogP contribution in [0.25, 0.3) is 0 Å². The molecule has 3 rings (SSSR count). The van der Waals surface area contributed by atoms with Crippen LogP contribution in [0.3, 0.4) is 0 Å². The average Bonchev–Trinajstić information content (AvgIpc) is 2.85. The molecule has 1 heterocycles. The fourth-order valence-corrected chi connectivity index (χ4v) is 4.90. The molecule has 2 N–H and O–H groups in total. The normalized spacial score (nSPS) is 15.7. The van der Waals surface area contributed by atoms with Gasteiger partial charge in [-0.1, -0.05) is 31.2 Å². The van der Waals surface area contributed by atoms with Gasteiger partial charge in [-0.15, -0.1) is 0 Å². The maximum absolute atomic E-state index is 13.8. The Kier molecular flexibility index (Phi) is 11.8. The van der Waals surface area contributed by atoms with Gasteiger partial charge in [0, 0.05) is 32.4 Å². The van der Waals surface area contributed by atoms with Crippen molar-refractivity contribution >= 4 is 5.91 Å². The summed E-state index contributed by atoms with van der Waals surface area (Å²) in [5.41, 5.74) is 3.07. The fraction of sp³-hybridized carbons (Fsp3) is 0.552. The smallest absolute Gasteiger partial charge is 0.234 e. The Labute approximate surface area is 214 Å². The first-order valence-electron chi connectivity index (χ1n) is 13.2. The monoisotopic (exact) mass is 501 g/mol. The van der Waals surface area contributed by atoms with Crippen molar-refractivity contribution in [3.63, 3.8) is 0 Å². The molecule has 7 heteroatoms. The van der Waals surface area contributed by atoms with E-state index < -0.39 is 11.6 Å². The first-order chi connectivity index (χ1) is 17.4. The molecule has 0 radical (unpaired) electrons. The van der Waals surface area contributed by atoms with Gasteiger partial charge in [-0.05, 0) is 92.9 Å². The van der Waals surface area contributed by atoms with Crippen molar-refractivity contribution in [2.75, 3.05) is 39.9 Å². The molecule has 2 aromatic carbocycles. The highest BCUT2D eigenvalue weighted by atomic mass is 19.1. The summed E-state index contributed by atoms with van der Waals surface area (Å²) in [5, 5.41) is 6.58. The largest absolute Gasteiger partial charge is 0.385 e. The lowest BCUT2D eigenvalue weighted by atomic mass is 9.94. The summed E-state index contributed by atoms with van der Waals surface area (Å²) in [6, 6.07) is 11.8. The molecule has 0 bridgehead atoms. The number of likely N-dealkylation sites (tertiary alicyclic amines) is 1. The number of hydrogen-bond acceptors (Lipinski definition) is 4. The number of amides is 1. The summed E-state index contributed by atoms with van der Waals surface area (Å²) in [4.78, 5) is 15.1. The van der Waals surface area contributed by atoms with E-state index in [4.69, 9.17) is 4.74 Å². The third-order valence-corrected chi connectivity index (χ3v) is 6.97. The van der Waals surface area contributed by atoms with Gasteiger partial charge in [-0.25, -0.2) is 8.78 Å². The Balaban J connectivity index is 1.51. The highest BCUT2D eigenvalue weighted by Crippen LogP contribution is 2.20. The van der Waals surface area contributed by atoms with Crippen LogP contribution >= 0.6 is 0 Å². The van der Waals surface area contributed by atoms with Crippen molar-refractivity contribution < 1.29 is 18.3 Å². The lowest BCUT2D eigenvalue weighted by molar-refractivity contribution is -0.123. The second-order valence-corrected chi connectivity index (χ2v) is 9.89. The highest BCUT2D eigenvalue weighted by Gasteiger charge is 2.22. The van der Waals surface area contributed by atoms with Crippen molar-refractivity contribution in [2.24, 2.45) is 5.92 Å².